The van der Waals surface area contributed by atoms with Gasteiger partial charge in [0.15, 0.2) is 5.78 Å². The van der Waals surface area contributed by atoms with E-state index in [0.717, 1.165) is 11.4 Å². The van der Waals surface area contributed by atoms with Gasteiger partial charge in [0, 0.05) is 61.8 Å². The van der Waals surface area contributed by atoms with Gasteiger partial charge in [-0.05, 0) is 42.0 Å². The Morgan fingerprint density at radius 2 is 1.17 bits per heavy atom. The molecule has 0 saturated heterocycles. The van der Waals surface area contributed by atoms with Crippen molar-refractivity contribution in [3.8, 4) is 12.1 Å². The quantitative estimate of drug-likeness (QED) is 0.509. The van der Waals surface area contributed by atoms with Crippen molar-refractivity contribution in [3.05, 3.63) is 101 Å². The number of carbonyl (C=O) groups excluding carboxylic acids is 1. The van der Waals surface area contributed by atoms with E-state index < -0.39 is 5.41 Å². The predicted molar refractivity (Wildman–Crippen MR) is 141 cm³/mol. The first-order chi connectivity index (χ1) is 17.3. The van der Waals surface area contributed by atoms with Gasteiger partial charge in [-0.25, -0.2) is 0 Å². The first kappa shape index (κ1) is 23.0. The Hall–Kier alpha value is -4.81. The number of nitrogens with zero attached hydrogens (tertiary/aromatic N) is 4. The minimum absolute atomic E-state index is 0.0778. The van der Waals surface area contributed by atoms with Crippen LogP contribution in [0.15, 0.2) is 78.4 Å². The Morgan fingerprint density at radius 1 is 0.667 bits per heavy atom. The lowest BCUT2D eigenvalue weighted by atomic mass is 9.70. The maximum absolute atomic E-state index is 13.6. The Balaban J connectivity index is 1.81. The van der Waals surface area contributed by atoms with Gasteiger partial charge in [0.05, 0.1) is 17.7 Å². The van der Waals surface area contributed by atoms with E-state index >= 15 is 0 Å². The molecule has 6 heteroatoms. The van der Waals surface area contributed by atoms with E-state index in [-0.39, 0.29) is 17.1 Å². The van der Waals surface area contributed by atoms with E-state index in [1.165, 1.54) is 0 Å². The van der Waals surface area contributed by atoms with Crippen LogP contribution in [0, 0.1) is 28.1 Å². The molecular weight excluding hydrogens is 448 g/mol. The van der Waals surface area contributed by atoms with Crippen LogP contribution in [0.4, 0.5) is 11.4 Å². The summed E-state index contributed by atoms with van der Waals surface area (Å²) in [5, 5.41) is 21.2. The number of ether oxygens (including phenoxy) is 1. The lowest BCUT2D eigenvalue weighted by Crippen LogP contribution is -2.29. The summed E-state index contributed by atoms with van der Waals surface area (Å²) >= 11 is 0. The second-order valence-corrected chi connectivity index (χ2v) is 9.24. The van der Waals surface area contributed by atoms with Gasteiger partial charge < -0.3 is 14.5 Å². The van der Waals surface area contributed by atoms with Gasteiger partial charge >= 0.3 is 0 Å². The molecule has 1 aliphatic heterocycles. The van der Waals surface area contributed by atoms with Crippen molar-refractivity contribution in [3.63, 3.8) is 0 Å². The van der Waals surface area contributed by atoms with Crippen LogP contribution in [0.5, 0.6) is 0 Å². The third-order valence-corrected chi connectivity index (χ3v) is 6.71. The van der Waals surface area contributed by atoms with Crippen LogP contribution >= 0.6 is 0 Å². The summed E-state index contributed by atoms with van der Waals surface area (Å²) in [5.41, 5.74) is 2.96. The Bertz CT molecular complexity index is 1520. The molecule has 176 valence electrons. The van der Waals surface area contributed by atoms with Gasteiger partial charge in [-0.15, -0.1) is 0 Å². The normalized spacial score (nSPS) is 15.4. The number of fused-ring (bicyclic) bond motifs is 2. The number of carbonyl (C=O) groups is 1. The molecule has 0 spiro atoms. The van der Waals surface area contributed by atoms with Crippen molar-refractivity contribution in [1.82, 2.24) is 0 Å². The molecule has 1 aliphatic carbocycles. The van der Waals surface area contributed by atoms with Crippen LogP contribution in [0.1, 0.15) is 27.0 Å². The summed E-state index contributed by atoms with van der Waals surface area (Å²) < 4.78 is 6.51. The Labute approximate surface area is 210 Å². The fourth-order valence-electron chi connectivity index (χ4n) is 4.78. The smallest absolute Gasteiger partial charge is 0.205 e. The average molecular weight is 473 g/mol. The molecule has 36 heavy (non-hydrogen) atoms. The molecule has 0 fully saturated rings. The molecular formula is C30H24N4O2. The minimum atomic E-state index is -1.85. The third kappa shape index (κ3) is 3.27. The summed E-state index contributed by atoms with van der Waals surface area (Å²) in [6.07, 6.45) is 0. The molecule has 0 aromatic heterocycles. The van der Waals surface area contributed by atoms with Gasteiger partial charge in [-0.2, -0.15) is 10.5 Å². The zero-order valence-corrected chi connectivity index (χ0v) is 20.5. The van der Waals surface area contributed by atoms with Gasteiger partial charge in [0.2, 0.25) is 5.41 Å². The molecule has 0 saturated carbocycles. The lowest BCUT2D eigenvalue weighted by Gasteiger charge is -2.32. The van der Waals surface area contributed by atoms with E-state index in [1.54, 1.807) is 18.2 Å². The zero-order valence-electron chi connectivity index (χ0n) is 20.5. The minimum Gasteiger partial charge on any atom is -0.455 e. The highest BCUT2D eigenvalue weighted by atomic mass is 16.5. The van der Waals surface area contributed by atoms with Crippen molar-refractivity contribution < 1.29 is 9.53 Å². The highest BCUT2D eigenvalue weighted by Crippen LogP contribution is 2.56. The molecule has 3 aromatic rings. The van der Waals surface area contributed by atoms with E-state index in [2.05, 4.69) is 12.1 Å². The van der Waals surface area contributed by atoms with Crippen molar-refractivity contribution in [2.75, 3.05) is 38.0 Å². The van der Waals surface area contributed by atoms with Gasteiger partial charge in [0.25, 0.3) is 0 Å². The van der Waals surface area contributed by atoms with Crippen molar-refractivity contribution in [2.45, 2.75) is 0 Å². The van der Waals surface area contributed by atoms with Crippen molar-refractivity contribution >= 4 is 34.2 Å². The number of benzene rings is 3. The van der Waals surface area contributed by atoms with Crippen molar-refractivity contribution in [1.29, 1.82) is 10.5 Å². The third-order valence-electron chi connectivity index (χ3n) is 6.71. The maximum Gasteiger partial charge on any atom is 0.205 e. The van der Waals surface area contributed by atoms with Crippen LogP contribution < -0.4 is 9.80 Å². The maximum atomic E-state index is 13.6. The largest absolute Gasteiger partial charge is 0.455 e. The summed E-state index contributed by atoms with van der Waals surface area (Å²) in [7, 11) is 7.79. The summed E-state index contributed by atoms with van der Waals surface area (Å²) in [6, 6.07) is 26.8. The number of allylic oxidation sites excluding steroid dienone is 2. The number of hydrogen-bond donors (Lipinski definition) is 0. The predicted octanol–water partition coefficient (Wildman–Crippen LogP) is 5.36. The molecule has 0 bridgehead atoms. The van der Waals surface area contributed by atoms with Crippen LogP contribution in [0.2, 0.25) is 0 Å². The molecule has 6 nitrogen and oxygen atoms in total. The number of hydrogen-bond acceptors (Lipinski definition) is 6. The van der Waals surface area contributed by atoms with Crippen LogP contribution in [0.25, 0.3) is 17.1 Å². The highest BCUT2D eigenvalue weighted by molar-refractivity contribution is 6.25. The number of nitriles is 2. The molecule has 1 heterocycles. The zero-order chi connectivity index (χ0) is 25.6. The summed E-state index contributed by atoms with van der Waals surface area (Å²) in [6.45, 7) is 0. The standard InChI is InChI=1S/C30H24N4O2/c1-33(2)21-13-9-19(10-14-21)25-28(20-11-15-22(16-12-20)34(3)4)36-29-24-8-6-5-7-23(24)27(35)26(29)30(25,17-31)18-32/h5-16H,1-4H3. The molecule has 2 aliphatic rings. The Kier molecular flexibility index (Phi) is 5.39. The molecule has 0 amide bonds. The number of Topliss-reactive ketones (excluding diaryl/α,β-unsaturated/α-hetero) is 1. The molecule has 0 radical (unpaired) electrons. The van der Waals surface area contributed by atoms with E-state index in [9.17, 15) is 15.3 Å². The topological polar surface area (TPSA) is 80.4 Å². The van der Waals surface area contributed by atoms with Gasteiger partial charge in [0.1, 0.15) is 11.5 Å². The second-order valence-electron chi connectivity index (χ2n) is 9.24. The molecule has 5 rings (SSSR count). The van der Waals surface area contributed by atoms with Crippen molar-refractivity contribution in [2.24, 2.45) is 5.41 Å². The summed E-state index contributed by atoms with van der Waals surface area (Å²) in [5.74, 6) is 0.316. The first-order valence-electron chi connectivity index (χ1n) is 11.5. The van der Waals surface area contributed by atoms with E-state index in [1.807, 2.05) is 92.6 Å². The first-order valence-corrected chi connectivity index (χ1v) is 11.5. The molecule has 0 atom stereocenters. The van der Waals surface area contributed by atoms with Crippen LogP contribution in [-0.2, 0) is 4.74 Å². The molecule has 3 aromatic carbocycles. The number of rotatable bonds is 4. The Morgan fingerprint density at radius 3 is 1.67 bits per heavy atom. The van der Waals surface area contributed by atoms with Crippen LogP contribution in [-0.4, -0.2) is 34.0 Å². The van der Waals surface area contributed by atoms with Gasteiger partial charge in [-0.1, -0.05) is 36.4 Å². The monoisotopic (exact) mass is 472 g/mol. The highest BCUT2D eigenvalue weighted by Gasteiger charge is 2.54. The van der Waals surface area contributed by atoms with E-state index in [4.69, 9.17) is 4.74 Å². The average Bonchev–Trinajstić information content (AvgIpc) is 3.20. The lowest BCUT2D eigenvalue weighted by molar-refractivity contribution is 0.102. The second kappa shape index (κ2) is 8.45. The molecule has 0 unspecified atom stereocenters. The summed E-state index contributed by atoms with van der Waals surface area (Å²) in [4.78, 5) is 17.5. The van der Waals surface area contributed by atoms with Gasteiger partial charge in [-0.3, -0.25) is 4.79 Å². The number of ketones is 1. The van der Waals surface area contributed by atoms with Crippen LogP contribution in [0.3, 0.4) is 0 Å². The van der Waals surface area contributed by atoms with E-state index in [0.29, 0.717) is 33.6 Å². The molecule has 0 N–H and O–H groups in total. The fraction of sp³-hybridized carbons (Fsp3) is 0.167. The SMILES string of the molecule is CN(C)c1ccc(C2=C(c3ccc(N(C)C)cc3)C(C#N)(C#N)C3=C(O2)c2ccccc2C3=O)cc1. The number of anilines is 2. The fourth-order valence-corrected chi connectivity index (χ4v) is 4.78.